The van der Waals surface area contributed by atoms with Gasteiger partial charge in [0.1, 0.15) is 30.4 Å². The molecule has 0 saturated carbocycles. The van der Waals surface area contributed by atoms with Gasteiger partial charge in [0.2, 0.25) is 0 Å². The molecule has 0 saturated heterocycles. The predicted molar refractivity (Wildman–Crippen MR) is 127 cm³/mol. The van der Waals surface area contributed by atoms with Crippen LogP contribution < -0.4 is 20.3 Å². The van der Waals surface area contributed by atoms with Crippen LogP contribution in [0.5, 0.6) is 11.5 Å². The first-order valence-electron chi connectivity index (χ1n) is 10.8. The Morgan fingerprint density at radius 2 is 1.62 bits per heavy atom. The van der Waals surface area contributed by atoms with Crippen LogP contribution in [0.4, 0.5) is 0 Å². The lowest BCUT2D eigenvalue weighted by atomic mass is 10.2. The molecular weight excluding hydrogens is 432 g/mol. The highest BCUT2D eigenvalue weighted by molar-refractivity contribution is 5.91. The van der Waals surface area contributed by atoms with E-state index in [-0.39, 0.29) is 30.3 Å². The second-order valence-electron chi connectivity index (χ2n) is 7.38. The number of nitrogens with zero attached hydrogens (tertiary/aromatic N) is 3. The Balaban J connectivity index is 1.27. The van der Waals surface area contributed by atoms with Crippen molar-refractivity contribution < 1.29 is 14.3 Å². The topological polar surface area (TPSA) is 95.3 Å². The maximum absolute atomic E-state index is 12.6. The molecule has 1 amide bonds. The molecule has 0 atom stereocenters. The first-order chi connectivity index (χ1) is 16.7. The van der Waals surface area contributed by atoms with Crippen molar-refractivity contribution in [3.63, 3.8) is 0 Å². The minimum Gasteiger partial charge on any atom is -0.492 e. The summed E-state index contributed by atoms with van der Waals surface area (Å²) in [6.07, 6.45) is 1.73. The van der Waals surface area contributed by atoms with Crippen LogP contribution in [0, 0.1) is 0 Å². The first kappa shape index (κ1) is 22.7. The second kappa shape index (κ2) is 11.4. The number of hydrogen-bond donors (Lipinski definition) is 1. The van der Waals surface area contributed by atoms with E-state index in [9.17, 15) is 9.59 Å². The monoisotopic (exact) mass is 456 g/mol. The average Bonchev–Trinajstić information content (AvgIpc) is 2.89. The van der Waals surface area contributed by atoms with Gasteiger partial charge < -0.3 is 14.8 Å². The van der Waals surface area contributed by atoms with Crippen molar-refractivity contribution in [1.82, 2.24) is 20.1 Å². The number of carbonyl (C=O) groups excluding carboxylic acids is 1. The molecule has 0 unspecified atom stereocenters. The molecule has 4 aromatic rings. The van der Waals surface area contributed by atoms with Crippen LogP contribution in [0.1, 0.15) is 21.7 Å². The summed E-state index contributed by atoms with van der Waals surface area (Å²) in [6, 6.07) is 25.2. The predicted octanol–water partition coefficient (Wildman–Crippen LogP) is 3.23. The minimum atomic E-state index is -0.367. The molecule has 2 aromatic heterocycles. The fraction of sp³-hybridized carbons (Fsp3) is 0.154. The molecule has 1 N–H and O–H groups in total. The average molecular weight is 457 g/mol. The number of benzene rings is 2. The van der Waals surface area contributed by atoms with Crippen molar-refractivity contribution in [2.75, 3.05) is 6.61 Å². The van der Waals surface area contributed by atoms with Crippen molar-refractivity contribution in [1.29, 1.82) is 0 Å². The summed E-state index contributed by atoms with van der Waals surface area (Å²) >= 11 is 0. The number of para-hydroxylation sites is 1. The highest BCUT2D eigenvalue weighted by Crippen LogP contribution is 2.14. The third-order valence-corrected chi connectivity index (χ3v) is 4.90. The largest absolute Gasteiger partial charge is 0.492 e. The standard InChI is InChI=1S/C26H24N4O4/c31-25-14-13-24(29-30(25)16-17-33-22-7-2-1-3-8-22)26(32)28-18-20-9-11-23(12-10-20)34-19-21-6-4-5-15-27-21/h1-15H,16-19H2,(H,28,32). The highest BCUT2D eigenvalue weighted by Gasteiger charge is 2.10. The second-order valence-corrected chi connectivity index (χ2v) is 7.38. The molecule has 0 radical (unpaired) electrons. The van der Waals surface area contributed by atoms with Gasteiger partial charge in [0.05, 0.1) is 12.2 Å². The van der Waals surface area contributed by atoms with Crippen LogP contribution in [0.2, 0.25) is 0 Å². The van der Waals surface area contributed by atoms with Gasteiger partial charge in [-0.1, -0.05) is 36.4 Å². The van der Waals surface area contributed by atoms with Crippen LogP contribution in [0.15, 0.2) is 95.9 Å². The Labute approximate surface area is 196 Å². The van der Waals surface area contributed by atoms with Gasteiger partial charge in [0.15, 0.2) is 0 Å². The maximum Gasteiger partial charge on any atom is 0.271 e. The molecule has 0 spiro atoms. The van der Waals surface area contributed by atoms with E-state index in [0.29, 0.717) is 24.7 Å². The fourth-order valence-electron chi connectivity index (χ4n) is 3.11. The summed E-state index contributed by atoms with van der Waals surface area (Å²) in [5.74, 6) is 1.05. The van der Waals surface area contributed by atoms with E-state index in [2.05, 4.69) is 15.4 Å². The van der Waals surface area contributed by atoms with E-state index in [4.69, 9.17) is 9.47 Å². The Hall–Kier alpha value is -4.46. The van der Waals surface area contributed by atoms with Gasteiger partial charge in [0, 0.05) is 18.8 Å². The molecule has 0 bridgehead atoms. The number of ether oxygens (including phenoxy) is 2. The number of hydrogen-bond acceptors (Lipinski definition) is 6. The normalized spacial score (nSPS) is 10.5. The van der Waals surface area contributed by atoms with E-state index < -0.39 is 0 Å². The zero-order valence-electron chi connectivity index (χ0n) is 18.5. The summed E-state index contributed by atoms with van der Waals surface area (Å²) in [5.41, 5.74) is 1.62. The van der Waals surface area contributed by atoms with Crippen molar-refractivity contribution in [3.05, 3.63) is 118 Å². The lowest BCUT2D eigenvalue weighted by Gasteiger charge is -2.10. The van der Waals surface area contributed by atoms with E-state index in [1.165, 1.54) is 16.8 Å². The fourth-order valence-corrected chi connectivity index (χ4v) is 3.11. The smallest absolute Gasteiger partial charge is 0.271 e. The van der Waals surface area contributed by atoms with Gasteiger partial charge in [-0.25, -0.2) is 4.68 Å². The molecule has 172 valence electrons. The van der Waals surface area contributed by atoms with Crippen LogP contribution in [-0.4, -0.2) is 27.3 Å². The molecule has 0 aliphatic heterocycles. The summed E-state index contributed by atoms with van der Waals surface area (Å²) in [5, 5.41) is 6.99. The molecule has 4 rings (SSSR count). The molecule has 0 fully saturated rings. The van der Waals surface area contributed by atoms with Crippen LogP contribution in [-0.2, 0) is 19.7 Å². The summed E-state index contributed by atoms with van der Waals surface area (Å²) in [7, 11) is 0. The van der Waals surface area contributed by atoms with E-state index in [0.717, 1.165) is 11.3 Å². The zero-order valence-corrected chi connectivity index (χ0v) is 18.5. The van der Waals surface area contributed by atoms with Crippen LogP contribution in [0.3, 0.4) is 0 Å². The number of nitrogens with one attached hydrogen (secondary N) is 1. The van der Waals surface area contributed by atoms with Gasteiger partial charge in [-0.3, -0.25) is 14.6 Å². The minimum absolute atomic E-state index is 0.162. The highest BCUT2D eigenvalue weighted by atomic mass is 16.5. The third-order valence-electron chi connectivity index (χ3n) is 4.90. The number of amides is 1. The number of rotatable bonds is 10. The number of pyridine rings is 1. The Morgan fingerprint density at radius 3 is 2.38 bits per heavy atom. The first-order valence-corrected chi connectivity index (χ1v) is 10.8. The molecule has 2 aromatic carbocycles. The maximum atomic E-state index is 12.6. The van der Waals surface area contributed by atoms with E-state index >= 15 is 0 Å². The van der Waals surface area contributed by atoms with E-state index in [1.54, 1.807) is 6.20 Å². The van der Waals surface area contributed by atoms with Gasteiger partial charge in [-0.05, 0) is 48.0 Å². The molecular formula is C26H24N4O4. The molecule has 8 heteroatoms. The van der Waals surface area contributed by atoms with Gasteiger partial charge >= 0.3 is 0 Å². The Morgan fingerprint density at radius 1 is 0.853 bits per heavy atom. The van der Waals surface area contributed by atoms with Crippen LogP contribution in [0.25, 0.3) is 0 Å². The molecule has 34 heavy (non-hydrogen) atoms. The third kappa shape index (κ3) is 6.52. The Kier molecular flexibility index (Phi) is 7.63. The van der Waals surface area contributed by atoms with Crippen molar-refractivity contribution in [2.45, 2.75) is 19.7 Å². The van der Waals surface area contributed by atoms with Crippen molar-refractivity contribution in [3.8, 4) is 11.5 Å². The molecule has 8 nitrogen and oxygen atoms in total. The van der Waals surface area contributed by atoms with Gasteiger partial charge in [-0.15, -0.1) is 0 Å². The quantitative estimate of drug-likeness (QED) is 0.394. The molecule has 0 aliphatic carbocycles. The van der Waals surface area contributed by atoms with Gasteiger partial charge in [-0.2, -0.15) is 5.10 Å². The summed E-state index contributed by atoms with van der Waals surface area (Å²) in [4.78, 5) is 28.9. The summed E-state index contributed by atoms with van der Waals surface area (Å²) in [6.45, 7) is 1.19. The van der Waals surface area contributed by atoms with Crippen LogP contribution >= 0.6 is 0 Å². The van der Waals surface area contributed by atoms with Crippen molar-refractivity contribution >= 4 is 5.91 Å². The lowest BCUT2D eigenvalue weighted by molar-refractivity contribution is 0.0943. The lowest BCUT2D eigenvalue weighted by Crippen LogP contribution is -2.30. The number of carbonyl (C=O) groups is 1. The Bertz CT molecular complexity index is 1260. The summed E-state index contributed by atoms with van der Waals surface area (Å²) < 4.78 is 12.6. The van der Waals surface area contributed by atoms with Gasteiger partial charge in [0.25, 0.3) is 11.5 Å². The van der Waals surface area contributed by atoms with E-state index in [1.807, 2.05) is 72.8 Å². The SMILES string of the molecule is O=C(NCc1ccc(OCc2ccccn2)cc1)c1ccc(=O)n(CCOc2ccccc2)n1. The zero-order chi connectivity index (χ0) is 23.6. The van der Waals surface area contributed by atoms with Crippen molar-refractivity contribution in [2.24, 2.45) is 0 Å². The molecule has 0 aliphatic rings. The molecule has 2 heterocycles. The number of aromatic nitrogens is 3.